The maximum atomic E-state index is 12.0. The van der Waals surface area contributed by atoms with Crippen LogP contribution in [-0.4, -0.2) is 66.9 Å². The topological polar surface area (TPSA) is 137 Å². The Balaban J connectivity index is 0.00000272. The molecule has 0 aromatic heterocycles. The number of phenols is 1. The maximum absolute atomic E-state index is 12.0. The largest absolute Gasteiger partial charge is 0.505 e. The van der Waals surface area contributed by atoms with Crippen LogP contribution in [0.1, 0.15) is 10.4 Å². The van der Waals surface area contributed by atoms with Crippen LogP contribution in [0.25, 0.3) is 21.5 Å². The molecule has 0 unspecified atom stereocenters. The van der Waals surface area contributed by atoms with Crippen LogP contribution in [-0.2, 0) is 10.1 Å². The van der Waals surface area contributed by atoms with Crippen LogP contribution in [0, 0.1) is 0 Å². The van der Waals surface area contributed by atoms with Crippen LogP contribution in [0.15, 0.2) is 81.9 Å². The minimum absolute atomic E-state index is 0. The number of azo groups is 1. The number of aromatic carboxylic acids is 1. The van der Waals surface area contributed by atoms with Gasteiger partial charge in [0.1, 0.15) is 21.8 Å². The second-order valence-electron chi connectivity index (χ2n) is 6.46. The van der Waals surface area contributed by atoms with E-state index in [9.17, 15) is 28.0 Å². The molecule has 0 amide bonds. The molecule has 0 aliphatic carbocycles. The summed E-state index contributed by atoms with van der Waals surface area (Å²) in [6, 6.07) is 17.5. The van der Waals surface area contributed by atoms with E-state index in [-0.39, 0.29) is 60.1 Å². The molecule has 0 aliphatic rings. The predicted octanol–water partition coefficient (Wildman–Crippen LogP) is 4.68. The molecule has 3 N–H and O–H groups in total. The summed E-state index contributed by atoms with van der Waals surface area (Å²) in [7, 11) is -4.65. The number of carbonyl (C=O) groups is 1. The summed E-state index contributed by atoms with van der Waals surface area (Å²) < 4.78 is 33.8. The molecule has 0 fully saturated rings. The Morgan fingerprint density at radius 1 is 0.839 bits per heavy atom. The van der Waals surface area contributed by atoms with E-state index < -0.39 is 26.7 Å². The van der Waals surface area contributed by atoms with Crippen LogP contribution in [0.3, 0.4) is 0 Å². The smallest absolute Gasteiger partial charge is 0.339 e. The Hall–Kier alpha value is -2.56. The Bertz CT molecular complexity index is 1470. The van der Waals surface area contributed by atoms with Gasteiger partial charge in [-0.2, -0.15) is 8.42 Å². The third-order valence-electron chi connectivity index (χ3n) is 4.60. The average molecular weight is 462 g/mol. The van der Waals surface area contributed by atoms with Gasteiger partial charge in [0.15, 0.2) is 5.75 Å². The van der Waals surface area contributed by atoms with Crippen LogP contribution >= 0.6 is 0 Å². The number of benzene rings is 4. The molecule has 0 spiro atoms. The van der Waals surface area contributed by atoms with Crippen molar-refractivity contribution in [3.8, 4) is 5.75 Å². The number of hydrogen-bond acceptors (Lipinski definition) is 6. The van der Waals surface area contributed by atoms with Gasteiger partial charge in [-0.25, -0.2) is 4.79 Å². The molecule has 0 saturated heterocycles. The molecular weight excluding hydrogens is 448 g/mol. The Kier molecular flexibility index (Phi) is 6.63. The van der Waals surface area contributed by atoms with Gasteiger partial charge in [0.25, 0.3) is 10.1 Å². The van der Waals surface area contributed by atoms with E-state index in [1.165, 1.54) is 18.2 Å². The third-order valence-corrected chi connectivity index (χ3v) is 5.55. The van der Waals surface area contributed by atoms with E-state index in [4.69, 9.17) is 0 Å². The molecule has 10 heteroatoms. The molecule has 0 atom stereocenters. The van der Waals surface area contributed by atoms with Crippen molar-refractivity contribution in [1.82, 2.24) is 0 Å². The molecule has 0 aliphatic heterocycles. The summed E-state index contributed by atoms with van der Waals surface area (Å²) in [5, 5.41) is 29.5. The molecule has 4 aromatic rings. The Morgan fingerprint density at radius 2 is 1.45 bits per heavy atom. The SMILES string of the molecule is O=C(O)c1cc2ccccc2c(N=Nc2ccc3ccccc3c2S(=O)(=O)O)c1O.[Ca]. The number of carboxylic acid groups (broad SMARTS) is 1. The first-order valence-corrected chi connectivity index (χ1v) is 10.1. The first-order chi connectivity index (χ1) is 14.3. The van der Waals surface area contributed by atoms with Crippen LogP contribution in [0.5, 0.6) is 5.75 Å². The van der Waals surface area contributed by atoms with Gasteiger partial charge in [-0.3, -0.25) is 4.55 Å². The van der Waals surface area contributed by atoms with E-state index in [1.807, 2.05) is 0 Å². The molecule has 31 heavy (non-hydrogen) atoms. The second kappa shape index (κ2) is 8.89. The van der Waals surface area contributed by atoms with Crippen molar-refractivity contribution in [2.45, 2.75) is 4.90 Å². The molecule has 0 heterocycles. The predicted molar refractivity (Wildman–Crippen MR) is 116 cm³/mol. The first kappa shape index (κ1) is 23.1. The van der Waals surface area contributed by atoms with E-state index in [1.54, 1.807) is 48.5 Å². The van der Waals surface area contributed by atoms with Crippen molar-refractivity contribution < 1.29 is 28.0 Å². The normalized spacial score (nSPS) is 11.6. The van der Waals surface area contributed by atoms with Gasteiger partial charge in [0, 0.05) is 48.5 Å². The fourth-order valence-electron chi connectivity index (χ4n) is 3.27. The van der Waals surface area contributed by atoms with Crippen molar-refractivity contribution in [2.75, 3.05) is 0 Å². The summed E-state index contributed by atoms with van der Waals surface area (Å²) in [5.74, 6) is -1.95. The standard InChI is InChI=1S/C21H14N2O6S.Ca/c24-19-16(21(25)26)11-13-6-2-3-7-14(13)18(19)23-22-17-10-9-12-5-1-4-8-15(12)20(17)30(27,28)29;/h1-11,24H,(H,25,26)(H,27,28,29);. The zero-order chi connectivity index (χ0) is 21.5. The van der Waals surface area contributed by atoms with Gasteiger partial charge in [-0.05, 0) is 22.9 Å². The van der Waals surface area contributed by atoms with Crippen molar-refractivity contribution in [3.05, 3.63) is 72.3 Å². The fourth-order valence-corrected chi connectivity index (χ4v) is 4.10. The number of fused-ring (bicyclic) bond motifs is 2. The fraction of sp³-hybridized carbons (Fsp3) is 0. The third kappa shape index (κ3) is 4.41. The van der Waals surface area contributed by atoms with E-state index in [2.05, 4.69) is 10.2 Å². The number of nitrogens with zero attached hydrogens (tertiary/aromatic N) is 2. The molecule has 8 nitrogen and oxygen atoms in total. The molecule has 0 bridgehead atoms. The van der Waals surface area contributed by atoms with Gasteiger partial charge in [0.05, 0.1) is 0 Å². The van der Waals surface area contributed by atoms with Crippen molar-refractivity contribution >= 4 is 86.7 Å². The van der Waals surface area contributed by atoms with Gasteiger partial charge in [0.2, 0.25) is 0 Å². The average Bonchev–Trinajstić information content (AvgIpc) is 2.71. The van der Waals surface area contributed by atoms with Crippen LogP contribution in [0.4, 0.5) is 11.4 Å². The minimum atomic E-state index is -4.65. The number of carboxylic acids is 1. The van der Waals surface area contributed by atoms with Crippen molar-refractivity contribution in [2.24, 2.45) is 10.2 Å². The van der Waals surface area contributed by atoms with Crippen LogP contribution in [0.2, 0.25) is 0 Å². The first-order valence-electron chi connectivity index (χ1n) is 8.66. The number of aromatic hydroxyl groups is 1. The zero-order valence-electron chi connectivity index (χ0n) is 15.9. The van der Waals surface area contributed by atoms with E-state index in [0.29, 0.717) is 16.2 Å². The molecule has 0 saturated carbocycles. The van der Waals surface area contributed by atoms with Crippen LogP contribution < -0.4 is 0 Å². The van der Waals surface area contributed by atoms with Gasteiger partial charge < -0.3 is 10.2 Å². The maximum Gasteiger partial charge on any atom is 0.339 e. The summed E-state index contributed by atoms with van der Waals surface area (Å²) in [6.45, 7) is 0. The second-order valence-corrected chi connectivity index (χ2v) is 7.82. The summed E-state index contributed by atoms with van der Waals surface area (Å²) in [4.78, 5) is 11.1. The van der Waals surface area contributed by atoms with Gasteiger partial charge in [-0.1, -0.05) is 54.6 Å². The zero-order valence-corrected chi connectivity index (χ0v) is 19.0. The number of hydrogen-bond donors (Lipinski definition) is 3. The molecule has 2 radical (unpaired) electrons. The van der Waals surface area contributed by atoms with Gasteiger partial charge >= 0.3 is 5.97 Å². The van der Waals surface area contributed by atoms with E-state index >= 15 is 0 Å². The van der Waals surface area contributed by atoms with Crippen molar-refractivity contribution in [3.63, 3.8) is 0 Å². The molecule has 4 rings (SSSR count). The Morgan fingerprint density at radius 3 is 2.10 bits per heavy atom. The quantitative estimate of drug-likeness (QED) is 0.229. The minimum Gasteiger partial charge on any atom is -0.505 e. The van der Waals surface area contributed by atoms with Gasteiger partial charge in [-0.15, -0.1) is 10.2 Å². The summed E-state index contributed by atoms with van der Waals surface area (Å²) in [5.41, 5.74) is -0.642. The summed E-state index contributed by atoms with van der Waals surface area (Å²) >= 11 is 0. The van der Waals surface area contributed by atoms with Crippen molar-refractivity contribution in [1.29, 1.82) is 0 Å². The molecular formula is C21H14CaN2O6S. The number of rotatable bonds is 4. The monoisotopic (exact) mass is 462 g/mol. The molecule has 152 valence electrons. The molecule has 4 aromatic carbocycles. The summed E-state index contributed by atoms with van der Waals surface area (Å²) in [6.07, 6.45) is 0. The van der Waals surface area contributed by atoms with E-state index in [0.717, 1.165) is 0 Å². The Labute approximate surface area is 206 Å².